The van der Waals surface area contributed by atoms with Crippen molar-refractivity contribution in [3.05, 3.63) is 69.7 Å². The minimum Gasteiger partial charge on any atom is -0.366 e. The third kappa shape index (κ3) is 3.49. The van der Waals surface area contributed by atoms with Gasteiger partial charge in [-0.15, -0.1) is 0 Å². The SMILES string of the molecule is NC(=O)c1ccc2c(c1)CCC(NCc1ccc(Cl)cc1)C2. The summed E-state index contributed by atoms with van der Waals surface area (Å²) in [6.45, 7) is 0.844. The molecule has 1 aliphatic rings. The molecule has 3 N–H and O–H groups in total. The molecule has 0 saturated heterocycles. The molecular weight excluding hydrogens is 296 g/mol. The van der Waals surface area contributed by atoms with Gasteiger partial charge in [-0.2, -0.15) is 0 Å². The number of carbonyl (C=O) groups excluding carboxylic acids is 1. The zero-order chi connectivity index (χ0) is 15.5. The number of benzene rings is 2. The zero-order valence-corrected chi connectivity index (χ0v) is 13.1. The highest BCUT2D eigenvalue weighted by atomic mass is 35.5. The first kappa shape index (κ1) is 15.1. The molecule has 3 nitrogen and oxygen atoms in total. The molecule has 1 amide bonds. The molecule has 0 fully saturated rings. The lowest BCUT2D eigenvalue weighted by atomic mass is 9.87. The number of nitrogens with two attached hydrogens (primary N) is 1. The van der Waals surface area contributed by atoms with E-state index in [1.807, 2.05) is 42.5 Å². The van der Waals surface area contributed by atoms with Crippen LogP contribution in [0.4, 0.5) is 0 Å². The minimum absolute atomic E-state index is 0.356. The third-order valence-electron chi connectivity index (χ3n) is 4.23. The molecule has 0 radical (unpaired) electrons. The van der Waals surface area contributed by atoms with E-state index in [2.05, 4.69) is 5.32 Å². The van der Waals surface area contributed by atoms with E-state index < -0.39 is 0 Å². The molecular formula is C18H19ClN2O. The van der Waals surface area contributed by atoms with E-state index in [4.69, 9.17) is 17.3 Å². The topological polar surface area (TPSA) is 55.1 Å². The molecule has 0 heterocycles. The molecule has 1 atom stereocenters. The number of hydrogen-bond acceptors (Lipinski definition) is 2. The third-order valence-corrected chi connectivity index (χ3v) is 4.48. The summed E-state index contributed by atoms with van der Waals surface area (Å²) >= 11 is 5.90. The van der Waals surface area contributed by atoms with Crippen LogP contribution in [-0.2, 0) is 19.4 Å². The molecule has 22 heavy (non-hydrogen) atoms. The Bertz CT molecular complexity index is 682. The smallest absolute Gasteiger partial charge is 0.248 e. The largest absolute Gasteiger partial charge is 0.366 e. The van der Waals surface area contributed by atoms with E-state index in [-0.39, 0.29) is 5.91 Å². The Hall–Kier alpha value is -1.84. The average Bonchev–Trinajstić information content (AvgIpc) is 2.53. The first-order valence-electron chi connectivity index (χ1n) is 7.51. The average molecular weight is 315 g/mol. The lowest BCUT2D eigenvalue weighted by molar-refractivity contribution is 0.1000. The summed E-state index contributed by atoms with van der Waals surface area (Å²) in [5, 5.41) is 4.37. The van der Waals surface area contributed by atoms with Gasteiger partial charge in [-0.3, -0.25) is 4.79 Å². The number of nitrogens with one attached hydrogen (secondary N) is 1. The van der Waals surface area contributed by atoms with Crippen LogP contribution < -0.4 is 11.1 Å². The quantitative estimate of drug-likeness (QED) is 0.911. The van der Waals surface area contributed by atoms with Crippen LogP contribution >= 0.6 is 11.6 Å². The summed E-state index contributed by atoms with van der Waals surface area (Å²) in [5.41, 5.74) is 9.74. The van der Waals surface area contributed by atoms with Crippen LogP contribution in [-0.4, -0.2) is 11.9 Å². The second-order valence-corrected chi connectivity index (χ2v) is 6.23. The lowest BCUT2D eigenvalue weighted by Gasteiger charge is -2.26. The molecule has 0 aromatic heterocycles. The van der Waals surface area contributed by atoms with Gasteiger partial charge in [-0.05, 0) is 60.2 Å². The molecule has 1 unspecified atom stereocenters. The van der Waals surface area contributed by atoms with Crippen molar-refractivity contribution in [2.75, 3.05) is 0 Å². The number of carbonyl (C=O) groups is 1. The Balaban J connectivity index is 1.62. The highest BCUT2D eigenvalue weighted by molar-refractivity contribution is 6.30. The standard InChI is InChI=1S/C18H19ClN2O/c19-16-6-1-12(2-7-16)11-21-17-8-5-13-9-15(18(20)22)4-3-14(13)10-17/h1-4,6-7,9,17,21H,5,8,10-11H2,(H2,20,22). The van der Waals surface area contributed by atoms with Crippen LogP contribution in [0.5, 0.6) is 0 Å². The van der Waals surface area contributed by atoms with Gasteiger partial charge in [0.1, 0.15) is 0 Å². The second kappa shape index (κ2) is 6.51. The monoisotopic (exact) mass is 314 g/mol. The maximum absolute atomic E-state index is 11.2. The summed E-state index contributed by atoms with van der Waals surface area (Å²) in [4.78, 5) is 11.2. The van der Waals surface area contributed by atoms with Gasteiger partial charge in [0.15, 0.2) is 0 Å². The lowest BCUT2D eigenvalue weighted by Crippen LogP contribution is -2.34. The number of halogens is 1. The number of primary amides is 1. The van der Waals surface area contributed by atoms with Crippen molar-refractivity contribution >= 4 is 17.5 Å². The number of amides is 1. The van der Waals surface area contributed by atoms with Gasteiger partial charge < -0.3 is 11.1 Å². The Morgan fingerprint density at radius 2 is 1.95 bits per heavy atom. The normalized spacial score (nSPS) is 17.0. The summed E-state index contributed by atoms with van der Waals surface area (Å²) in [6, 6.07) is 14.2. The van der Waals surface area contributed by atoms with Crippen molar-refractivity contribution < 1.29 is 4.79 Å². The Morgan fingerprint density at radius 3 is 2.68 bits per heavy atom. The molecule has 2 aromatic carbocycles. The summed E-state index contributed by atoms with van der Waals surface area (Å²) in [5.74, 6) is -0.356. The number of fused-ring (bicyclic) bond motifs is 1. The first-order valence-corrected chi connectivity index (χ1v) is 7.89. The van der Waals surface area contributed by atoms with E-state index >= 15 is 0 Å². The summed E-state index contributed by atoms with van der Waals surface area (Å²) in [7, 11) is 0. The molecule has 4 heteroatoms. The molecule has 2 aromatic rings. The first-order chi connectivity index (χ1) is 10.6. The fourth-order valence-corrected chi connectivity index (χ4v) is 3.07. The van der Waals surface area contributed by atoms with Gasteiger partial charge in [0, 0.05) is 23.2 Å². The van der Waals surface area contributed by atoms with Crippen molar-refractivity contribution in [2.45, 2.75) is 31.8 Å². The van der Waals surface area contributed by atoms with E-state index in [0.29, 0.717) is 11.6 Å². The molecule has 0 aliphatic heterocycles. The van der Waals surface area contributed by atoms with Crippen molar-refractivity contribution in [3.8, 4) is 0 Å². The minimum atomic E-state index is -0.356. The Labute approximate surface area is 135 Å². The number of aryl methyl sites for hydroxylation is 1. The van der Waals surface area contributed by atoms with E-state index in [1.165, 1.54) is 16.7 Å². The molecule has 0 bridgehead atoms. The van der Waals surface area contributed by atoms with E-state index in [9.17, 15) is 4.79 Å². The molecule has 114 valence electrons. The van der Waals surface area contributed by atoms with Gasteiger partial charge in [0.2, 0.25) is 5.91 Å². The van der Waals surface area contributed by atoms with Gasteiger partial charge in [0.25, 0.3) is 0 Å². The number of hydrogen-bond donors (Lipinski definition) is 2. The van der Waals surface area contributed by atoms with Crippen LogP contribution in [0.1, 0.15) is 33.5 Å². The van der Waals surface area contributed by atoms with Crippen molar-refractivity contribution in [1.82, 2.24) is 5.32 Å². The fraction of sp³-hybridized carbons (Fsp3) is 0.278. The van der Waals surface area contributed by atoms with Crippen LogP contribution in [0, 0.1) is 0 Å². The maximum Gasteiger partial charge on any atom is 0.248 e. The summed E-state index contributed by atoms with van der Waals surface area (Å²) < 4.78 is 0. The zero-order valence-electron chi connectivity index (χ0n) is 12.3. The molecule has 0 saturated carbocycles. The fourth-order valence-electron chi connectivity index (χ4n) is 2.95. The predicted octanol–water partition coefficient (Wildman–Crippen LogP) is 3.09. The van der Waals surface area contributed by atoms with E-state index in [0.717, 1.165) is 30.8 Å². The van der Waals surface area contributed by atoms with Crippen LogP contribution in [0.25, 0.3) is 0 Å². The molecule has 0 spiro atoms. The highest BCUT2D eigenvalue weighted by Gasteiger charge is 2.19. The van der Waals surface area contributed by atoms with Gasteiger partial charge in [-0.25, -0.2) is 0 Å². The van der Waals surface area contributed by atoms with Gasteiger partial charge in [-0.1, -0.05) is 29.8 Å². The predicted molar refractivity (Wildman–Crippen MR) is 89.1 cm³/mol. The van der Waals surface area contributed by atoms with Crippen molar-refractivity contribution in [1.29, 1.82) is 0 Å². The van der Waals surface area contributed by atoms with Gasteiger partial charge >= 0.3 is 0 Å². The molecule has 3 rings (SSSR count). The van der Waals surface area contributed by atoms with Crippen LogP contribution in [0.3, 0.4) is 0 Å². The Kier molecular flexibility index (Phi) is 4.46. The van der Waals surface area contributed by atoms with Crippen LogP contribution in [0.15, 0.2) is 42.5 Å². The number of rotatable bonds is 4. The van der Waals surface area contributed by atoms with Crippen molar-refractivity contribution in [3.63, 3.8) is 0 Å². The van der Waals surface area contributed by atoms with Crippen LogP contribution in [0.2, 0.25) is 5.02 Å². The van der Waals surface area contributed by atoms with Gasteiger partial charge in [0.05, 0.1) is 0 Å². The maximum atomic E-state index is 11.2. The Morgan fingerprint density at radius 1 is 1.18 bits per heavy atom. The second-order valence-electron chi connectivity index (χ2n) is 5.79. The summed E-state index contributed by atoms with van der Waals surface area (Å²) in [6.07, 6.45) is 3.04. The highest BCUT2D eigenvalue weighted by Crippen LogP contribution is 2.23. The van der Waals surface area contributed by atoms with Crippen molar-refractivity contribution in [2.24, 2.45) is 5.73 Å². The van der Waals surface area contributed by atoms with E-state index in [1.54, 1.807) is 0 Å². The molecule has 1 aliphatic carbocycles.